The fraction of sp³-hybridized carbons (Fsp3) is 0.400. The van der Waals surface area contributed by atoms with Crippen molar-refractivity contribution in [3.63, 3.8) is 0 Å². The molecular formula is C25H26BrClO3. The molecule has 0 heterocycles. The molecule has 1 N–H and O–H groups in total. The van der Waals surface area contributed by atoms with Crippen molar-refractivity contribution < 1.29 is 14.6 Å². The van der Waals surface area contributed by atoms with E-state index < -0.39 is 5.41 Å². The van der Waals surface area contributed by atoms with Crippen molar-refractivity contribution in [2.75, 3.05) is 0 Å². The zero-order chi connectivity index (χ0) is 21.8. The fourth-order valence-electron chi connectivity index (χ4n) is 5.05. The van der Waals surface area contributed by atoms with Crippen LogP contribution in [0.5, 0.6) is 11.5 Å². The van der Waals surface area contributed by atoms with Crippen molar-refractivity contribution in [3.05, 3.63) is 62.8 Å². The van der Waals surface area contributed by atoms with Crippen LogP contribution < -0.4 is 4.74 Å². The third kappa shape index (κ3) is 3.11. The third-order valence-corrected chi connectivity index (χ3v) is 8.64. The molecule has 0 spiro atoms. The van der Waals surface area contributed by atoms with E-state index in [-0.39, 0.29) is 22.9 Å². The molecule has 0 radical (unpaired) electrons. The molecule has 4 rings (SSSR count). The first-order valence-electron chi connectivity index (χ1n) is 10.3. The predicted molar refractivity (Wildman–Crippen MR) is 124 cm³/mol. The Morgan fingerprint density at radius 3 is 2.50 bits per heavy atom. The zero-order valence-corrected chi connectivity index (χ0v) is 20.0. The molecule has 1 fully saturated rings. The van der Waals surface area contributed by atoms with Crippen molar-refractivity contribution in [1.82, 2.24) is 0 Å². The highest BCUT2D eigenvalue weighted by molar-refractivity contribution is 9.10. The minimum absolute atomic E-state index is 0.0472. The molecule has 2 bridgehead atoms. The van der Waals surface area contributed by atoms with Gasteiger partial charge in [0.25, 0.3) is 0 Å². The number of aliphatic hydroxyl groups excluding tert-OH is 1. The van der Waals surface area contributed by atoms with Crippen LogP contribution in [-0.4, -0.2) is 10.9 Å². The number of halogens is 2. The van der Waals surface area contributed by atoms with E-state index >= 15 is 0 Å². The number of hydrogen-bond donors (Lipinski definition) is 1. The minimum atomic E-state index is -0.401. The van der Waals surface area contributed by atoms with Gasteiger partial charge < -0.3 is 9.84 Å². The van der Waals surface area contributed by atoms with E-state index in [2.05, 4.69) is 43.6 Å². The second-order valence-corrected chi connectivity index (χ2v) is 10.3. The van der Waals surface area contributed by atoms with E-state index in [0.717, 1.165) is 34.9 Å². The summed E-state index contributed by atoms with van der Waals surface area (Å²) in [5, 5.41) is 11.9. The lowest BCUT2D eigenvalue weighted by Gasteiger charge is -2.45. The van der Waals surface area contributed by atoms with Crippen LogP contribution in [0.15, 0.2) is 46.6 Å². The Morgan fingerprint density at radius 1 is 1.17 bits per heavy atom. The van der Waals surface area contributed by atoms with Gasteiger partial charge in [-0.3, -0.25) is 4.79 Å². The predicted octanol–water partition coefficient (Wildman–Crippen LogP) is 7.75. The Morgan fingerprint density at radius 2 is 1.83 bits per heavy atom. The number of carbonyl (C=O) groups is 1. The third-order valence-electron chi connectivity index (χ3n) is 7.41. The van der Waals surface area contributed by atoms with Gasteiger partial charge in [0.2, 0.25) is 0 Å². The van der Waals surface area contributed by atoms with Gasteiger partial charge in [0.15, 0.2) is 5.78 Å². The standard InChI is InChI=1S/C25H26BrClO3/c1-5-14-6-7-15(30-16-8-9-19(26)20(27)13-16)12-17(14)21-22(28)18-10-11-25(4,23(21)29)24(18,2)3/h6-9,12-13,18,29H,5,10-11H2,1-4H3/t18-,25+/m0/s1. The maximum atomic E-state index is 13.5. The molecule has 5 heteroatoms. The van der Waals surface area contributed by atoms with Gasteiger partial charge in [-0.2, -0.15) is 0 Å². The maximum absolute atomic E-state index is 13.5. The average molecular weight is 490 g/mol. The molecule has 30 heavy (non-hydrogen) atoms. The maximum Gasteiger partial charge on any atom is 0.170 e. The summed E-state index contributed by atoms with van der Waals surface area (Å²) in [6, 6.07) is 11.1. The van der Waals surface area contributed by atoms with E-state index in [0.29, 0.717) is 22.1 Å². The molecule has 3 nitrogen and oxygen atoms in total. The largest absolute Gasteiger partial charge is 0.511 e. The fourth-order valence-corrected chi connectivity index (χ4v) is 5.46. The summed E-state index contributed by atoms with van der Waals surface area (Å²) in [5.41, 5.74) is 1.60. The van der Waals surface area contributed by atoms with E-state index in [1.165, 1.54) is 0 Å². The summed E-state index contributed by atoms with van der Waals surface area (Å²) in [4.78, 5) is 13.5. The molecule has 1 saturated carbocycles. The smallest absolute Gasteiger partial charge is 0.170 e. The molecule has 2 aromatic rings. The first-order chi connectivity index (χ1) is 14.1. The highest BCUT2D eigenvalue weighted by Crippen LogP contribution is 2.64. The van der Waals surface area contributed by atoms with Crippen molar-refractivity contribution in [2.45, 2.75) is 47.0 Å². The topological polar surface area (TPSA) is 46.5 Å². The van der Waals surface area contributed by atoms with Gasteiger partial charge in [-0.25, -0.2) is 0 Å². The molecular weight excluding hydrogens is 464 g/mol. The number of benzene rings is 2. The summed E-state index contributed by atoms with van der Waals surface area (Å²) in [5.74, 6) is 1.42. The van der Waals surface area contributed by atoms with E-state index in [1.54, 1.807) is 6.07 Å². The lowest BCUT2D eigenvalue weighted by Crippen LogP contribution is -2.43. The first-order valence-corrected chi connectivity index (χ1v) is 11.5. The molecule has 0 unspecified atom stereocenters. The van der Waals surface area contributed by atoms with E-state index in [1.807, 2.05) is 30.3 Å². The van der Waals surface area contributed by atoms with Crippen LogP contribution in [-0.2, 0) is 11.2 Å². The Bertz CT molecular complexity index is 1070. The van der Waals surface area contributed by atoms with Crippen molar-refractivity contribution in [3.8, 4) is 11.5 Å². The van der Waals surface area contributed by atoms with Gasteiger partial charge in [-0.1, -0.05) is 45.4 Å². The summed E-state index contributed by atoms with van der Waals surface area (Å²) in [7, 11) is 0. The lowest BCUT2D eigenvalue weighted by molar-refractivity contribution is -0.122. The van der Waals surface area contributed by atoms with Crippen LogP contribution in [0.1, 0.15) is 51.7 Å². The Hall–Kier alpha value is -1.78. The number of rotatable bonds is 4. The summed E-state index contributed by atoms with van der Waals surface area (Å²) in [6.45, 7) is 8.35. The monoisotopic (exact) mass is 488 g/mol. The molecule has 0 aromatic heterocycles. The average Bonchev–Trinajstić information content (AvgIpc) is 2.88. The van der Waals surface area contributed by atoms with Crippen molar-refractivity contribution >= 4 is 38.9 Å². The van der Waals surface area contributed by atoms with Gasteiger partial charge in [0.1, 0.15) is 17.3 Å². The van der Waals surface area contributed by atoms with Gasteiger partial charge in [0.05, 0.1) is 10.6 Å². The molecule has 2 aliphatic rings. The number of carbonyl (C=O) groups excluding carboxylic acids is 1. The van der Waals surface area contributed by atoms with Crippen molar-refractivity contribution in [2.24, 2.45) is 16.7 Å². The molecule has 0 aliphatic heterocycles. The number of fused-ring (bicyclic) bond motifs is 2. The van der Waals surface area contributed by atoms with E-state index in [9.17, 15) is 9.90 Å². The normalized spacial score (nSPS) is 25.0. The number of allylic oxidation sites excluding steroid dienone is 2. The highest BCUT2D eigenvalue weighted by atomic mass is 79.9. The number of aliphatic hydroxyl groups is 1. The summed E-state index contributed by atoms with van der Waals surface area (Å²) in [6.07, 6.45) is 2.39. The second kappa shape index (κ2) is 7.42. The Labute approximate surface area is 191 Å². The van der Waals surface area contributed by atoms with Gasteiger partial charge >= 0.3 is 0 Å². The van der Waals surface area contributed by atoms with Crippen LogP contribution in [0.3, 0.4) is 0 Å². The SMILES string of the molecule is CCc1ccc(Oc2ccc(Br)c(Cl)c2)cc1C1=C(O)[C@@]2(C)CC[C@@H](C1=O)C2(C)C. The number of ketones is 1. The first kappa shape index (κ1) is 21.5. The summed E-state index contributed by atoms with van der Waals surface area (Å²) >= 11 is 9.57. The van der Waals surface area contributed by atoms with Crippen LogP contribution in [0.2, 0.25) is 5.02 Å². The molecule has 2 atom stereocenters. The van der Waals surface area contributed by atoms with Crippen LogP contribution in [0.25, 0.3) is 5.57 Å². The van der Waals surface area contributed by atoms with Crippen molar-refractivity contribution in [1.29, 1.82) is 0 Å². The minimum Gasteiger partial charge on any atom is -0.511 e. The lowest BCUT2D eigenvalue weighted by atomic mass is 9.58. The van der Waals surface area contributed by atoms with Gasteiger partial charge in [-0.15, -0.1) is 0 Å². The van der Waals surface area contributed by atoms with Crippen LogP contribution >= 0.6 is 27.5 Å². The van der Waals surface area contributed by atoms with E-state index in [4.69, 9.17) is 16.3 Å². The number of Topliss-reactive ketones (excluding diaryl/α,β-unsaturated/α-hetero) is 1. The Balaban J connectivity index is 1.81. The number of aryl methyl sites for hydroxylation is 1. The highest BCUT2D eigenvalue weighted by Gasteiger charge is 2.61. The zero-order valence-electron chi connectivity index (χ0n) is 17.7. The number of ether oxygens (including phenoxy) is 1. The second-order valence-electron chi connectivity index (χ2n) is 9.08. The molecule has 2 aliphatic carbocycles. The molecule has 0 saturated heterocycles. The van der Waals surface area contributed by atoms with Gasteiger partial charge in [0, 0.05) is 21.9 Å². The quantitative estimate of drug-likeness (QED) is 0.477. The van der Waals surface area contributed by atoms with Gasteiger partial charge in [-0.05, 0) is 76.0 Å². The van der Waals surface area contributed by atoms with Crippen LogP contribution in [0.4, 0.5) is 0 Å². The summed E-state index contributed by atoms with van der Waals surface area (Å²) < 4.78 is 6.83. The molecule has 0 amide bonds. The molecule has 158 valence electrons. The Kier molecular flexibility index (Phi) is 5.31. The van der Waals surface area contributed by atoms with Crippen LogP contribution in [0, 0.1) is 16.7 Å². The molecule has 2 aromatic carbocycles. The number of hydrogen-bond acceptors (Lipinski definition) is 3.